The van der Waals surface area contributed by atoms with Crippen LogP contribution in [0.1, 0.15) is 0 Å². The largest absolute Gasteiger partial charge is 0.403 e. The Labute approximate surface area is 259 Å². The molecule has 0 N–H and O–H groups in total. The molecule has 1 rings (SSSR count). The van der Waals surface area contributed by atoms with Crippen LogP contribution >= 0.6 is 0 Å². The van der Waals surface area contributed by atoms with Gasteiger partial charge in [0.25, 0.3) is 0 Å². The molecule has 0 saturated carbocycles. The minimum Gasteiger partial charge on any atom is -0.403 e. The van der Waals surface area contributed by atoms with Crippen molar-refractivity contribution in [3.8, 4) is 0 Å². The molecule has 1 aliphatic heterocycles. The maximum Gasteiger partial charge on any atom is 0.374 e. The first-order valence-electron chi connectivity index (χ1n) is 12.6. The van der Waals surface area contributed by atoms with Crippen molar-refractivity contribution in [2.75, 3.05) is 0 Å². The van der Waals surface area contributed by atoms with Crippen LogP contribution in [0.5, 0.6) is 0 Å². The van der Waals surface area contributed by atoms with E-state index in [0.29, 0.717) is 0 Å². The van der Waals surface area contributed by atoms with Crippen molar-refractivity contribution in [2.45, 2.75) is 0 Å². The molecule has 0 spiro atoms. The van der Waals surface area contributed by atoms with E-state index in [1.54, 1.807) is 79.8 Å². The van der Waals surface area contributed by atoms with Crippen molar-refractivity contribution in [3.63, 3.8) is 0 Å². The van der Waals surface area contributed by atoms with Gasteiger partial charge in [0.1, 0.15) is 0 Å². The van der Waals surface area contributed by atoms with Crippen molar-refractivity contribution in [1.82, 2.24) is 0 Å². The predicted octanol–water partition coefficient (Wildman–Crippen LogP) is 6.36. The van der Waals surface area contributed by atoms with Gasteiger partial charge in [-0.25, -0.2) is 0 Å². The summed E-state index contributed by atoms with van der Waals surface area (Å²) < 4.78 is 47.2. The molecular formula is C28H42O7Si7. The molecule has 0 unspecified atom stereocenters. The average Bonchev–Trinajstić information content (AvgIpc) is 3.05. The van der Waals surface area contributed by atoms with Crippen LogP contribution in [0, 0.1) is 0 Å². The Morgan fingerprint density at radius 2 is 0.262 bits per heavy atom. The van der Waals surface area contributed by atoms with Crippen LogP contribution in [-0.2, 0) is 28.8 Å². The van der Waals surface area contributed by atoms with E-state index in [2.05, 4.69) is 92.1 Å². The van der Waals surface area contributed by atoms with Gasteiger partial charge in [-0.15, -0.1) is 92.1 Å². The fourth-order valence-corrected chi connectivity index (χ4v) is 31.9. The summed E-state index contributed by atoms with van der Waals surface area (Å²) in [5.74, 6) is 0. The van der Waals surface area contributed by atoms with Gasteiger partial charge in [-0.2, -0.15) is 0 Å². The summed E-state index contributed by atoms with van der Waals surface area (Å²) in [6, 6.07) is 0. The topological polar surface area (TPSA) is 64.6 Å². The Morgan fingerprint density at radius 3 is 0.310 bits per heavy atom. The summed E-state index contributed by atoms with van der Waals surface area (Å²) in [4.78, 5) is 0. The lowest BCUT2D eigenvalue weighted by Gasteiger charge is -2.47. The number of rotatable bonds is 14. The Balaban J connectivity index is 4.39. The van der Waals surface area contributed by atoms with Crippen molar-refractivity contribution in [3.05, 3.63) is 172 Å². The van der Waals surface area contributed by atoms with Gasteiger partial charge in [-0.05, 0) is 79.8 Å². The molecule has 7 nitrogen and oxygen atoms in total. The highest BCUT2D eigenvalue weighted by molar-refractivity contribution is 7.04. The highest BCUT2D eigenvalue weighted by atomic mass is 28.5. The summed E-state index contributed by atoms with van der Waals surface area (Å²) in [7, 11) is -25.5. The highest BCUT2D eigenvalue weighted by Gasteiger charge is 2.58. The fourth-order valence-electron chi connectivity index (χ4n) is 3.64. The average molecular weight is 687 g/mol. The van der Waals surface area contributed by atoms with Crippen LogP contribution in [0.3, 0.4) is 0 Å². The molecule has 0 aromatic rings. The van der Waals surface area contributed by atoms with Crippen molar-refractivity contribution < 1.29 is 28.8 Å². The molecule has 0 aromatic heterocycles. The molecule has 42 heavy (non-hydrogen) atoms. The molecule has 1 heterocycles. The molecule has 224 valence electrons. The quantitative estimate of drug-likeness (QED) is 0.197. The smallest absolute Gasteiger partial charge is 0.374 e. The third-order valence-electron chi connectivity index (χ3n) is 6.22. The Bertz CT molecular complexity index is 856. The number of hydrogen-bond donors (Lipinski definition) is 0. The van der Waals surface area contributed by atoms with Gasteiger partial charge in [-0.3, -0.25) is 0 Å². The fraction of sp³-hybridized carbons (Fsp3) is 0. The standard InChI is InChI=1S/C28H42O7Si7/c1-15-36(16-2)29-37(17-3,18-4)31-39(21-7,22-8)33-41(25-11,26-12)35-42(27-13,28-14)34-40(23-9,24-10)32-38(19-5,20-6)30-36/h15-28H,1-14H2. The van der Waals surface area contributed by atoms with Crippen molar-refractivity contribution in [2.24, 2.45) is 0 Å². The van der Waals surface area contributed by atoms with Gasteiger partial charge in [-0.1, -0.05) is 0 Å². The van der Waals surface area contributed by atoms with E-state index < -0.39 is 59.9 Å². The normalized spacial score (nSPS) is 23.3. The van der Waals surface area contributed by atoms with E-state index in [4.69, 9.17) is 28.8 Å². The molecule has 0 aromatic carbocycles. The molecule has 14 heteroatoms. The van der Waals surface area contributed by atoms with Gasteiger partial charge < -0.3 is 28.8 Å². The second kappa shape index (κ2) is 14.9. The molecule has 0 aliphatic carbocycles. The van der Waals surface area contributed by atoms with Gasteiger partial charge >= 0.3 is 59.9 Å². The minimum absolute atomic E-state index is 1.54. The first kappa shape index (κ1) is 37.6. The lowest BCUT2D eigenvalue weighted by Crippen LogP contribution is -2.67. The zero-order valence-corrected chi connectivity index (χ0v) is 31.3. The monoisotopic (exact) mass is 686 g/mol. The van der Waals surface area contributed by atoms with Crippen LogP contribution in [0.4, 0.5) is 0 Å². The zero-order chi connectivity index (χ0) is 32.3. The van der Waals surface area contributed by atoms with Gasteiger partial charge in [0.2, 0.25) is 0 Å². The van der Waals surface area contributed by atoms with E-state index in [0.717, 1.165) is 0 Å². The van der Waals surface area contributed by atoms with E-state index in [9.17, 15) is 0 Å². The molecule has 0 atom stereocenters. The molecule has 0 radical (unpaired) electrons. The predicted molar refractivity (Wildman–Crippen MR) is 191 cm³/mol. The van der Waals surface area contributed by atoms with Crippen LogP contribution in [0.2, 0.25) is 0 Å². The lowest BCUT2D eigenvalue weighted by molar-refractivity contribution is 0.264. The number of hydrogen-bond acceptors (Lipinski definition) is 7. The Kier molecular flexibility index (Phi) is 13.3. The zero-order valence-electron chi connectivity index (χ0n) is 24.3. The van der Waals surface area contributed by atoms with Gasteiger partial charge in [0.15, 0.2) is 0 Å². The molecule has 1 saturated heterocycles. The van der Waals surface area contributed by atoms with Crippen molar-refractivity contribution >= 4 is 59.9 Å². The molecule has 1 aliphatic rings. The summed E-state index contributed by atoms with van der Waals surface area (Å²) in [6.45, 7) is 56.1. The van der Waals surface area contributed by atoms with Crippen molar-refractivity contribution in [1.29, 1.82) is 0 Å². The molecule has 0 amide bonds. The maximum atomic E-state index is 6.74. The molecule has 0 bridgehead atoms. The van der Waals surface area contributed by atoms with E-state index in [-0.39, 0.29) is 0 Å². The first-order chi connectivity index (χ1) is 19.8. The van der Waals surface area contributed by atoms with Crippen LogP contribution in [-0.4, -0.2) is 59.9 Å². The van der Waals surface area contributed by atoms with Crippen LogP contribution in [0.15, 0.2) is 172 Å². The SMILES string of the molecule is C=C[Si]1(C=C)O[Si](C=C)(C=C)O[Si](C=C)(C=C)O[Si](C=C)(C=C)O[Si](C=C)(C=C)O[Si](C=C)(C=C)O[Si](C=C)(C=C)O1. The lowest BCUT2D eigenvalue weighted by atomic mass is 11.2. The summed E-state index contributed by atoms with van der Waals surface area (Å²) >= 11 is 0. The second-order valence-corrected chi connectivity index (χ2v) is 30.2. The molecular weight excluding hydrogens is 645 g/mol. The van der Waals surface area contributed by atoms with E-state index in [1.165, 1.54) is 0 Å². The Morgan fingerprint density at radius 1 is 0.190 bits per heavy atom. The minimum atomic E-state index is -3.65. The Hall–Kier alpha value is -2.40. The molecule has 1 fully saturated rings. The first-order valence-corrected chi connectivity index (χ1v) is 26.4. The van der Waals surface area contributed by atoms with Gasteiger partial charge in [0.05, 0.1) is 0 Å². The third-order valence-corrected chi connectivity index (χ3v) is 32.0. The van der Waals surface area contributed by atoms with E-state index >= 15 is 0 Å². The van der Waals surface area contributed by atoms with E-state index in [1.807, 2.05) is 0 Å². The summed E-state index contributed by atoms with van der Waals surface area (Å²) in [5, 5.41) is 0. The van der Waals surface area contributed by atoms with Crippen LogP contribution < -0.4 is 0 Å². The highest BCUT2D eigenvalue weighted by Crippen LogP contribution is 2.35. The second-order valence-electron chi connectivity index (χ2n) is 8.62. The van der Waals surface area contributed by atoms with Gasteiger partial charge in [0, 0.05) is 0 Å². The summed E-state index contributed by atoms with van der Waals surface area (Å²) in [5.41, 5.74) is 21.6. The maximum absolute atomic E-state index is 6.74. The van der Waals surface area contributed by atoms with Crippen LogP contribution in [0.25, 0.3) is 0 Å². The summed E-state index contributed by atoms with van der Waals surface area (Å²) in [6.07, 6.45) is 0. The third kappa shape index (κ3) is 7.56.